The van der Waals surface area contributed by atoms with Crippen LogP contribution in [0.1, 0.15) is 36.7 Å². The summed E-state index contributed by atoms with van der Waals surface area (Å²) in [5, 5.41) is 0. The Kier molecular flexibility index (Phi) is 3.15. The van der Waals surface area contributed by atoms with E-state index in [1.807, 2.05) is 24.3 Å². The summed E-state index contributed by atoms with van der Waals surface area (Å²) in [7, 11) is 5.28. The minimum Gasteiger partial charge on any atom is -0.295 e. The molecule has 1 aromatic rings. The molecule has 0 saturated heterocycles. The van der Waals surface area contributed by atoms with Crippen molar-refractivity contribution in [1.82, 2.24) is 0 Å². The number of hydrogen-bond donors (Lipinski definition) is 0. The van der Waals surface area contributed by atoms with E-state index in [1.54, 1.807) is 0 Å². The predicted octanol–water partition coefficient (Wildman–Crippen LogP) is 2.75. The number of rotatable bonds is 2. The monoisotopic (exact) mass is 186 g/mol. The fraction of sp³-hybridized carbons (Fsp3) is 0.417. The lowest BCUT2D eigenvalue weighted by Gasteiger charge is -2.18. The largest absolute Gasteiger partial charge is 0.295 e. The Morgan fingerprint density at radius 2 is 1.71 bits per heavy atom. The summed E-state index contributed by atoms with van der Waals surface area (Å²) in [5.74, 6) is -0.00883. The van der Waals surface area contributed by atoms with Gasteiger partial charge in [-0.05, 0) is 17.3 Å². The van der Waals surface area contributed by atoms with Gasteiger partial charge in [-0.15, -0.1) is 0 Å². The van der Waals surface area contributed by atoms with E-state index in [2.05, 4.69) is 20.8 Å². The fourth-order valence-electron chi connectivity index (χ4n) is 1.27. The van der Waals surface area contributed by atoms with Crippen LogP contribution >= 0.6 is 0 Å². The quantitative estimate of drug-likeness (QED) is 0.512. The van der Waals surface area contributed by atoms with E-state index in [0.29, 0.717) is 5.56 Å². The first-order chi connectivity index (χ1) is 6.45. The Labute approximate surface area is 86.9 Å². The van der Waals surface area contributed by atoms with Crippen LogP contribution in [0.5, 0.6) is 0 Å². The van der Waals surface area contributed by atoms with Crippen LogP contribution in [0.15, 0.2) is 24.3 Å². The first kappa shape index (κ1) is 11.0. The van der Waals surface area contributed by atoms with Gasteiger partial charge in [0.1, 0.15) is 0 Å². The molecule has 1 rings (SSSR count). The molecule has 0 aliphatic rings. The zero-order valence-corrected chi connectivity index (χ0v) is 9.00. The summed E-state index contributed by atoms with van der Waals surface area (Å²) in [6, 6.07) is 7.66. The molecule has 0 heterocycles. The molecule has 0 aromatic heterocycles. The third kappa shape index (κ3) is 2.47. The number of hydrogen-bond acceptors (Lipinski definition) is 1. The van der Waals surface area contributed by atoms with Gasteiger partial charge >= 0.3 is 0 Å². The third-order valence-electron chi connectivity index (χ3n) is 2.26. The SMILES string of the molecule is [B]CC(=O)c1ccc(C(C)(C)C)cc1. The van der Waals surface area contributed by atoms with Crippen LogP contribution in [0.4, 0.5) is 0 Å². The molecule has 0 spiro atoms. The Hall–Kier alpha value is -1.05. The molecule has 72 valence electrons. The molecule has 0 fully saturated rings. The number of carbonyl (C=O) groups excluding carboxylic acids is 1. The molecule has 0 aliphatic heterocycles. The summed E-state index contributed by atoms with van der Waals surface area (Å²) in [6.45, 7) is 6.44. The van der Waals surface area contributed by atoms with E-state index in [0.717, 1.165) is 0 Å². The van der Waals surface area contributed by atoms with Crippen molar-refractivity contribution in [3.8, 4) is 0 Å². The van der Waals surface area contributed by atoms with Gasteiger partial charge < -0.3 is 0 Å². The Morgan fingerprint density at radius 1 is 1.21 bits per heavy atom. The average molecular weight is 186 g/mol. The van der Waals surface area contributed by atoms with Gasteiger partial charge in [0.2, 0.25) is 0 Å². The third-order valence-corrected chi connectivity index (χ3v) is 2.26. The molecule has 0 aliphatic carbocycles. The second kappa shape index (κ2) is 3.99. The fourth-order valence-corrected chi connectivity index (χ4v) is 1.27. The molecule has 2 heteroatoms. The predicted molar refractivity (Wildman–Crippen MR) is 60.0 cm³/mol. The molecular formula is C12H15BO. The number of ketones is 1. The minimum atomic E-state index is -0.00883. The van der Waals surface area contributed by atoms with Gasteiger partial charge in [0, 0.05) is 5.56 Å². The molecule has 1 nitrogen and oxygen atoms in total. The van der Waals surface area contributed by atoms with Gasteiger partial charge in [0.25, 0.3) is 0 Å². The van der Waals surface area contributed by atoms with Crippen LogP contribution in [0, 0.1) is 0 Å². The second-order valence-corrected chi connectivity index (χ2v) is 4.45. The number of carbonyl (C=O) groups is 1. The zero-order valence-electron chi connectivity index (χ0n) is 9.00. The van der Waals surface area contributed by atoms with Crippen molar-refractivity contribution in [2.45, 2.75) is 32.5 Å². The van der Waals surface area contributed by atoms with Gasteiger partial charge in [-0.2, -0.15) is 0 Å². The first-order valence-corrected chi connectivity index (χ1v) is 4.79. The molecule has 0 bridgehead atoms. The second-order valence-electron chi connectivity index (χ2n) is 4.45. The molecule has 0 saturated carbocycles. The van der Waals surface area contributed by atoms with E-state index in [-0.39, 0.29) is 17.5 Å². The highest BCUT2D eigenvalue weighted by molar-refractivity contribution is 6.23. The highest BCUT2D eigenvalue weighted by Crippen LogP contribution is 2.22. The molecule has 14 heavy (non-hydrogen) atoms. The minimum absolute atomic E-state index is 0.00883. The van der Waals surface area contributed by atoms with Crippen LogP contribution in [-0.4, -0.2) is 13.6 Å². The van der Waals surface area contributed by atoms with Gasteiger partial charge in [-0.1, -0.05) is 45.0 Å². The highest BCUT2D eigenvalue weighted by Gasteiger charge is 2.13. The van der Waals surface area contributed by atoms with Crippen LogP contribution in [-0.2, 0) is 5.41 Å². The van der Waals surface area contributed by atoms with Crippen molar-refractivity contribution < 1.29 is 4.79 Å². The molecule has 0 amide bonds. The zero-order chi connectivity index (χ0) is 10.8. The van der Waals surface area contributed by atoms with Crippen LogP contribution in [0.2, 0.25) is 6.32 Å². The van der Waals surface area contributed by atoms with Gasteiger partial charge in [0.15, 0.2) is 5.78 Å². The van der Waals surface area contributed by atoms with Crippen LogP contribution in [0.3, 0.4) is 0 Å². The smallest absolute Gasteiger partial charge is 0.154 e. The summed E-state index contributed by atoms with van der Waals surface area (Å²) < 4.78 is 0. The molecular weight excluding hydrogens is 171 g/mol. The summed E-state index contributed by atoms with van der Waals surface area (Å²) in [5.41, 5.74) is 2.05. The standard InChI is InChI=1S/C12H15BO/c1-12(2,3)10-6-4-9(5-7-10)11(14)8-13/h4-7H,8H2,1-3H3. The van der Waals surface area contributed by atoms with Gasteiger partial charge in [-0.25, -0.2) is 0 Å². The lowest BCUT2D eigenvalue weighted by Crippen LogP contribution is -2.11. The van der Waals surface area contributed by atoms with Crippen molar-refractivity contribution in [3.63, 3.8) is 0 Å². The van der Waals surface area contributed by atoms with Crippen LogP contribution in [0.25, 0.3) is 0 Å². The molecule has 2 radical (unpaired) electrons. The van der Waals surface area contributed by atoms with Crippen molar-refractivity contribution in [2.75, 3.05) is 0 Å². The Morgan fingerprint density at radius 3 is 2.07 bits per heavy atom. The topological polar surface area (TPSA) is 17.1 Å². The number of Topliss-reactive ketones (excluding diaryl/α,β-unsaturated/α-hetero) is 1. The van der Waals surface area contributed by atoms with E-state index in [4.69, 9.17) is 7.85 Å². The van der Waals surface area contributed by atoms with Crippen molar-refractivity contribution >= 4 is 13.6 Å². The lowest BCUT2D eigenvalue weighted by atomic mass is 9.86. The van der Waals surface area contributed by atoms with Gasteiger partial charge in [0.05, 0.1) is 7.85 Å². The first-order valence-electron chi connectivity index (χ1n) is 4.79. The molecule has 0 unspecified atom stereocenters. The molecule has 0 atom stereocenters. The van der Waals surface area contributed by atoms with E-state index >= 15 is 0 Å². The number of benzene rings is 1. The Bertz CT molecular complexity index is 319. The van der Waals surface area contributed by atoms with Crippen LogP contribution < -0.4 is 0 Å². The maximum absolute atomic E-state index is 11.2. The van der Waals surface area contributed by atoms with Gasteiger partial charge in [-0.3, -0.25) is 4.79 Å². The maximum atomic E-state index is 11.2. The summed E-state index contributed by atoms with van der Waals surface area (Å²) in [6.07, 6.45) is 0.0782. The molecule has 1 aromatic carbocycles. The summed E-state index contributed by atoms with van der Waals surface area (Å²) in [4.78, 5) is 11.2. The Balaban J connectivity index is 2.95. The maximum Gasteiger partial charge on any atom is 0.154 e. The lowest BCUT2D eigenvalue weighted by molar-refractivity contribution is 0.101. The molecule has 0 N–H and O–H groups in total. The van der Waals surface area contributed by atoms with Crippen molar-refractivity contribution in [1.29, 1.82) is 0 Å². The van der Waals surface area contributed by atoms with E-state index < -0.39 is 0 Å². The van der Waals surface area contributed by atoms with Crippen molar-refractivity contribution in [2.24, 2.45) is 0 Å². The summed E-state index contributed by atoms with van der Waals surface area (Å²) >= 11 is 0. The normalized spacial score (nSPS) is 11.4. The van der Waals surface area contributed by atoms with E-state index in [9.17, 15) is 4.79 Å². The average Bonchev–Trinajstić information content (AvgIpc) is 2.15. The van der Waals surface area contributed by atoms with E-state index in [1.165, 1.54) is 5.56 Å². The highest BCUT2D eigenvalue weighted by atomic mass is 16.1. The van der Waals surface area contributed by atoms with Crippen molar-refractivity contribution in [3.05, 3.63) is 35.4 Å².